The highest BCUT2D eigenvalue weighted by Crippen LogP contribution is 2.23. The molecule has 25 heavy (non-hydrogen) atoms. The molecule has 0 unspecified atom stereocenters. The van der Waals surface area contributed by atoms with E-state index in [1.807, 2.05) is 6.07 Å². The van der Waals surface area contributed by atoms with Gasteiger partial charge in [-0.25, -0.2) is 0 Å². The van der Waals surface area contributed by atoms with E-state index >= 15 is 0 Å². The minimum Gasteiger partial charge on any atom is -0.452 e. The molecule has 1 atom stereocenters. The number of amides is 1. The Kier molecular flexibility index (Phi) is 5.39. The average molecular weight is 358 g/mol. The Morgan fingerprint density at radius 3 is 2.72 bits per heavy atom. The summed E-state index contributed by atoms with van der Waals surface area (Å²) in [7, 11) is 0. The van der Waals surface area contributed by atoms with Gasteiger partial charge < -0.3 is 10.1 Å². The topological polar surface area (TPSA) is 55.4 Å². The molecule has 1 amide bonds. The molecular formula is C20H20ClNO3. The largest absolute Gasteiger partial charge is 0.452 e. The fourth-order valence-electron chi connectivity index (χ4n) is 2.99. The SMILES string of the molecule is C[C@@H](OC(=O)Cc1ccc2c(c1)CCC2)C(=O)Nc1ccccc1Cl. The van der Waals surface area contributed by atoms with Gasteiger partial charge in [0.05, 0.1) is 17.1 Å². The highest BCUT2D eigenvalue weighted by molar-refractivity contribution is 6.33. The molecule has 3 rings (SSSR count). The van der Waals surface area contributed by atoms with Gasteiger partial charge >= 0.3 is 5.97 Å². The summed E-state index contributed by atoms with van der Waals surface area (Å²) in [5.74, 6) is -0.824. The van der Waals surface area contributed by atoms with E-state index in [0.29, 0.717) is 10.7 Å². The van der Waals surface area contributed by atoms with Crippen molar-refractivity contribution in [1.82, 2.24) is 0 Å². The van der Waals surface area contributed by atoms with Crippen LogP contribution >= 0.6 is 11.6 Å². The van der Waals surface area contributed by atoms with Gasteiger partial charge in [0, 0.05) is 0 Å². The summed E-state index contributed by atoms with van der Waals surface area (Å²) in [6.45, 7) is 1.55. The van der Waals surface area contributed by atoms with Crippen LogP contribution < -0.4 is 5.32 Å². The van der Waals surface area contributed by atoms with Crippen molar-refractivity contribution in [3.63, 3.8) is 0 Å². The van der Waals surface area contributed by atoms with Crippen LogP contribution in [0.3, 0.4) is 0 Å². The van der Waals surface area contributed by atoms with Crippen LogP contribution in [0.15, 0.2) is 42.5 Å². The number of nitrogens with one attached hydrogen (secondary N) is 1. The van der Waals surface area contributed by atoms with Gasteiger partial charge in [0.15, 0.2) is 6.10 Å². The highest BCUT2D eigenvalue weighted by atomic mass is 35.5. The van der Waals surface area contributed by atoms with E-state index in [2.05, 4.69) is 17.4 Å². The molecule has 1 aliphatic carbocycles. The fraction of sp³-hybridized carbons (Fsp3) is 0.300. The molecule has 1 N–H and O–H groups in total. The molecule has 0 spiro atoms. The highest BCUT2D eigenvalue weighted by Gasteiger charge is 2.19. The van der Waals surface area contributed by atoms with Gasteiger partial charge in [0.2, 0.25) is 0 Å². The molecule has 2 aromatic rings. The van der Waals surface area contributed by atoms with Crippen LogP contribution in [0.4, 0.5) is 5.69 Å². The fourth-order valence-corrected chi connectivity index (χ4v) is 3.17. The number of esters is 1. The summed E-state index contributed by atoms with van der Waals surface area (Å²) < 4.78 is 5.25. The van der Waals surface area contributed by atoms with Crippen LogP contribution in [0.1, 0.15) is 30.0 Å². The molecule has 2 aromatic carbocycles. The number of aryl methyl sites for hydroxylation is 2. The van der Waals surface area contributed by atoms with Crippen LogP contribution in [0.2, 0.25) is 5.02 Å². The summed E-state index contributed by atoms with van der Waals surface area (Å²) in [4.78, 5) is 24.3. The molecular weight excluding hydrogens is 338 g/mol. The molecule has 0 aliphatic heterocycles. The first-order valence-electron chi connectivity index (χ1n) is 8.38. The van der Waals surface area contributed by atoms with Crippen LogP contribution in [0.25, 0.3) is 0 Å². The van der Waals surface area contributed by atoms with Crippen LogP contribution in [-0.2, 0) is 33.6 Å². The van der Waals surface area contributed by atoms with Crippen LogP contribution in [0.5, 0.6) is 0 Å². The third kappa shape index (κ3) is 4.40. The van der Waals surface area contributed by atoms with Crippen molar-refractivity contribution in [2.45, 2.75) is 38.7 Å². The van der Waals surface area contributed by atoms with E-state index in [4.69, 9.17) is 16.3 Å². The Morgan fingerprint density at radius 2 is 1.92 bits per heavy atom. The van der Waals surface area contributed by atoms with Crippen molar-refractivity contribution >= 4 is 29.2 Å². The maximum atomic E-state index is 12.2. The third-order valence-corrected chi connectivity index (χ3v) is 4.65. The maximum Gasteiger partial charge on any atom is 0.311 e. The molecule has 0 saturated heterocycles. The maximum absolute atomic E-state index is 12.2. The Morgan fingerprint density at radius 1 is 1.16 bits per heavy atom. The van der Waals surface area contributed by atoms with Gasteiger partial charge in [0.1, 0.15) is 0 Å². The van der Waals surface area contributed by atoms with Crippen molar-refractivity contribution in [3.8, 4) is 0 Å². The first-order valence-corrected chi connectivity index (χ1v) is 8.76. The Balaban J connectivity index is 1.55. The first kappa shape index (κ1) is 17.5. The lowest BCUT2D eigenvalue weighted by atomic mass is 10.0. The Hall–Kier alpha value is -2.33. The number of carbonyl (C=O) groups excluding carboxylic acids is 2. The monoisotopic (exact) mass is 357 g/mol. The molecule has 1 aliphatic rings. The quantitative estimate of drug-likeness (QED) is 0.824. The Bertz CT molecular complexity index is 803. The zero-order valence-electron chi connectivity index (χ0n) is 14.0. The van der Waals surface area contributed by atoms with Crippen LogP contribution in [0, 0.1) is 0 Å². The smallest absolute Gasteiger partial charge is 0.311 e. The van der Waals surface area contributed by atoms with E-state index < -0.39 is 18.0 Å². The van der Waals surface area contributed by atoms with Crippen molar-refractivity contribution in [1.29, 1.82) is 0 Å². The minimum atomic E-state index is -0.891. The van der Waals surface area contributed by atoms with Crippen molar-refractivity contribution in [2.75, 3.05) is 5.32 Å². The molecule has 0 radical (unpaired) electrons. The molecule has 5 heteroatoms. The van der Waals surface area contributed by atoms with Crippen molar-refractivity contribution < 1.29 is 14.3 Å². The van der Waals surface area contributed by atoms with Gasteiger partial charge in [-0.1, -0.05) is 41.9 Å². The number of benzene rings is 2. The second-order valence-corrected chi connectivity index (χ2v) is 6.64. The van der Waals surface area contributed by atoms with E-state index in [9.17, 15) is 9.59 Å². The van der Waals surface area contributed by atoms with Crippen LogP contribution in [-0.4, -0.2) is 18.0 Å². The number of fused-ring (bicyclic) bond motifs is 1. The molecule has 4 nitrogen and oxygen atoms in total. The zero-order valence-corrected chi connectivity index (χ0v) is 14.8. The van der Waals surface area contributed by atoms with Gasteiger partial charge in [-0.15, -0.1) is 0 Å². The van der Waals surface area contributed by atoms with Gasteiger partial charge in [0.25, 0.3) is 5.91 Å². The molecule has 0 bridgehead atoms. The Labute approximate surface area is 152 Å². The lowest BCUT2D eigenvalue weighted by Gasteiger charge is -2.14. The number of para-hydroxylation sites is 1. The minimum absolute atomic E-state index is 0.164. The van der Waals surface area contributed by atoms with Gasteiger partial charge in [-0.05, 0) is 55.0 Å². The van der Waals surface area contributed by atoms with E-state index in [-0.39, 0.29) is 6.42 Å². The number of rotatable bonds is 5. The summed E-state index contributed by atoms with van der Waals surface area (Å²) in [6, 6.07) is 13.0. The number of hydrogen-bond donors (Lipinski definition) is 1. The van der Waals surface area contributed by atoms with Crippen molar-refractivity contribution in [2.24, 2.45) is 0 Å². The number of anilines is 1. The average Bonchev–Trinajstić information content (AvgIpc) is 3.04. The normalized spacial score (nSPS) is 13.8. The predicted molar refractivity (Wildman–Crippen MR) is 97.8 cm³/mol. The third-order valence-electron chi connectivity index (χ3n) is 4.32. The summed E-state index contributed by atoms with van der Waals surface area (Å²) in [5, 5.41) is 3.10. The van der Waals surface area contributed by atoms with Gasteiger partial charge in [-0.2, -0.15) is 0 Å². The number of halogens is 1. The van der Waals surface area contributed by atoms with Crippen molar-refractivity contribution in [3.05, 3.63) is 64.2 Å². The van der Waals surface area contributed by atoms with E-state index in [1.54, 1.807) is 31.2 Å². The summed E-state index contributed by atoms with van der Waals surface area (Å²) in [6.07, 6.45) is 2.62. The zero-order chi connectivity index (χ0) is 17.8. The summed E-state index contributed by atoms with van der Waals surface area (Å²) in [5.41, 5.74) is 4.10. The molecule has 0 aromatic heterocycles. The number of hydrogen-bond acceptors (Lipinski definition) is 3. The number of carbonyl (C=O) groups is 2. The van der Waals surface area contributed by atoms with Gasteiger partial charge in [-0.3, -0.25) is 9.59 Å². The standard InChI is InChI=1S/C20H20ClNO3/c1-13(20(24)22-18-8-3-2-7-17(18)21)25-19(23)12-14-9-10-15-5-4-6-16(15)11-14/h2-3,7-11,13H,4-6,12H2,1H3,(H,22,24)/t13-/m1/s1. The summed E-state index contributed by atoms with van der Waals surface area (Å²) >= 11 is 6.01. The predicted octanol–water partition coefficient (Wildman–Crippen LogP) is 3.94. The number of ether oxygens (including phenoxy) is 1. The van der Waals surface area contributed by atoms with E-state index in [1.165, 1.54) is 17.5 Å². The first-order chi connectivity index (χ1) is 12.0. The molecule has 0 saturated carbocycles. The van der Waals surface area contributed by atoms with E-state index in [0.717, 1.165) is 18.4 Å². The second-order valence-electron chi connectivity index (χ2n) is 6.23. The second kappa shape index (κ2) is 7.70. The molecule has 0 fully saturated rings. The molecule has 0 heterocycles. The molecule has 130 valence electrons. The lowest BCUT2D eigenvalue weighted by Crippen LogP contribution is -2.30. The lowest BCUT2D eigenvalue weighted by molar-refractivity contribution is -0.152.